The molecule has 0 unspecified atom stereocenters. The topological polar surface area (TPSA) is 116 Å². The zero-order valence-electron chi connectivity index (χ0n) is 16.3. The summed E-state index contributed by atoms with van der Waals surface area (Å²) in [6.07, 6.45) is 2.14. The Bertz CT molecular complexity index is 1140. The van der Waals surface area contributed by atoms with Gasteiger partial charge in [0.2, 0.25) is 0 Å². The Kier molecular flexibility index (Phi) is 6.58. The van der Waals surface area contributed by atoms with E-state index in [4.69, 9.17) is 16.3 Å². The van der Waals surface area contributed by atoms with Crippen molar-refractivity contribution >= 4 is 34.9 Å². The minimum atomic E-state index is -0.605. The summed E-state index contributed by atoms with van der Waals surface area (Å²) >= 11 is 6.15. The summed E-state index contributed by atoms with van der Waals surface area (Å²) in [4.78, 5) is 36.1. The van der Waals surface area contributed by atoms with Gasteiger partial charge in [-0.25, -0.2) is 19.1 Å². The summed E-state index contributed by atoms with van der Waals surface area (Å²) in [5, 5.41) is 9.66. The number of ether oxygens (including phenoxy) is 2. The van der Waals surface area contributed by atoms with Gasteiger partial charge >= 0.3 is 17.7 Å². The maximum Gasteiger partial charge on any atom is 0.350 e. The molecule has 2 amide bonds. The summed E-state index contributed by atoms with van der Waals surface area (Å²) in [5.74, 6) is -0.389. The summed E-state index contributed by atoms with van der Waals surface area (Å²) in [7, 11) is 2.64. The van der Waals surface area contributed by atoms with Crippen molar-refractivity contribution in [1.82, 2.24) is 19.5 Å². The third-order valence-electron chi connectivity index (χ3n) is 4.26. The van der Waals surface area contributed by atoms with Gasteiger partial charge in [0.1, 0.15) is 11.3 Å². The molecule has 1 aromatic carbocycles. The number of amides is 2. The SMILES string of the molecule is COC(=O)c1cc(Cl)c(NC(=O)NCCCn2nc3ccccn3c2=O)cc1OC. The van der Waals surface area contributed by atoms with Crippen LogP contribution in [0.15, 0.2) is 41.3 Å². The van der Waals surface area contributed by atoms with Crippen LogP contribution in [0.2, 0.25) is 5.02 Å². The van der Waals surface area contributed by atoms with Crippen molar-refractivity contribution in [2.24, 2.45) is 0 Å². The molecule has 11 heteroatoms. The van der Waals surface area contributed by atoms with Gasteiger partial charge in [0.05, 0.1) is 24.9 Å². The molecule has 0 aliphatic heterocycles. The Morgan fingerprint density at radius 1 is 1.23 bits per heavy atom. The van der Waals surface area contributed by atoms with Gasteiger partial charge < -0.3 is 20.1 Å². The molecule has 0 atom stereocenters. The van der Waals surface area contributed by atoms with Crippen molar-refractivity contribution in [3.63, 3.8) is 0 Å². The first-order valence-corrected chi connectivity index (χ1v) is 9.37. The molecule has 3 aromatic rings. The minimum Gasteiger partial charge on any atom is -0.496 e. The van der Waals surface area contributed by atoms with E-state index in [1.165, 1.54) is 35.4 Å². The van der Waals surface area contributed by atoms with E-state index in [9.17, 15) is 14.4 Å². The number of nitrogens with one attached hydrogen (secondary N) is 2. The van der Waals surface area contributed by atoms with E-state index >= 15 is 0 Å². The van der Waals surface area contributed by atoms with E-state index < -0.39 is 12.0 Å². The lowest BCUT2D eigenvalue weighted by Gasteiger charge is -2.13. The number of aryl methyl sites for hydroxylation is 1. The zero-order chi connectivity index (χ0) is 21.7. The number of carbonyl (C=O) groups is 2. The first kappa shape index (κ1) is 21.2. The fourth-order valence-electron chi connectivity index (χ4n) is 2.80. The lowest BCUT2D eigenvalue weighted by molar-refractivity contribution is 0.0597. The highest BCUT2D eigenvalue weighted by Crippen LogP contribution is 2.31. The predicted octanol–water partition coefficient (Wildman–Crippen LogP) is 2.16. The first-order valence-electron chi connectivity index (χ1n) is 8.99. The van der Waals surface area contributed by atoms with E-state index in [-0.39, 0.29) is 27.7 Å². The number of anilines is 1. The van der Waals surface area contributed by atoms with Crippen LogP contribution in [0.1, 0.15) is 16.8 Å². The first-order chi connectivity index (χ1) is 14.4. The number of fused-ring (bicyclic) bond motifs is 1. The van der Waals surface area contributed by atoms with Crippen LogP contribution in [0, 0.1) is 0 Å². The molecule has 10 nitrogen and oxygen atoms in total. The second-order valence-electron chi connectivity index (χ2n) is 6.19. The summed E-state index contributed by atoms with van der Waals surface area (Å²) < 4.78 is 12.6. The number of nitrogens with zero attached hydrogens (tertiary/aromatic N) is 3. The van der Waals surface area contributed by atoms with Gasteiger partial charge in [-0.2, -0.15) is 0 Å². The molecule has 158 valence electrons. The van der Waals surface area contributed by atoms with Gasteiger partial charge in [0.15, 0.2) is 5.65 Å². The molecule has 2 heterocycles. The minimum absolute atomic E-state index is 0.147. The Morgan fingerprint density at radius 3 is 2.73 bits per heavy atom. The summed E-state index contributed by atoms with van der Waals surface area (Å²) in [6, 6.07) is 7.60. The molecule has 30 heavy (non-hydrogen) atoms. The molecule has 0 aliphatic rings. The molecule has 2 N–H and O–H groups in total. The maximum atomic E-state index is 12.2. The number of halogens is 1. The van der Waals surface area contributed by atoms with Crippen LogP contribution in [0.25, 0.3) is 5.65 Å². The second kappa shape index (κ2) is 9.31. The van der Waals surface area contributed by atoms with Crippen molar-refractivity contribution < 1.29 is 19.1 Å². The van der Waals surface area contributed by atoms with Gasteiger partial charge in [0.25, 0.3) is 0 Å². The smallest absolute Gasteiger partial charge is 0.350 e. The number of methoxy groups -OCH3 is 2. The van der Waals surface area contributed by atoms with Crippen LogP contribution in [0.4, 0.5) is 10.5 Å². The maximum absolute atomic E-state index is 12.2. The molecular formula is C19H20ClN5O5. The van der Waals surface area contributed by atoms with Gasteiger partial charge in [-0.1, -0.05) is 17.7 Å². The quantitative estimate of drug-likeness (QED) is 0.435. The number of rotatable bonds is 7. The molecule has 0 aliphatic carbocycles. The highest BCUT2D eigenvalue weighted by Gasteiger charge is 2.17. The highest BCUT2D eigenvalue weighted by atomic mass is 35.5. The van der Waals surface area contributed by atoms with E-state index in [1.54, 1.807) is 24.4 Å². The second-order valence-corrected chi connectivity index (χ2v) is 6.60. The standard InChI is InChI=1S/C19H20ClN5O5/c1-29-15-11-14(13(20)10-12(15)17(26)30-2)22-18(27)21-7-5-9-25-19(28)24-8-4-3-6-16(24)23-25/h3-4,6,8,10-11H,5,7,9H2,1-2H3,(H2,21,22,27). The van der Waals surface area contributed by atoms with Gasteiger partial charge in [-0.15, -0.1) is 5.10 Å². The Balaban J connectivity index is 1.56. The molecule has 0 bridgehead atoms. The van der Waals surface area contributed by atoms with Crippen LogP contribution in [0.5, 0.6) is 5.75 Å². The Labute approximate surface area is 176 Å². The fourth-order valence-corrected chi connectivity index (χ4v) is 3.01. The molecule has 2 aromatic heterocycles. The third-order valence-corrected chi connectivity index (χ3v) is 4.58. The predicted molar refractivity (Wildman–Crippen MR) is 110 cm³/mol. The van der Waals surface area contributed by atoms with Crippen molar-refractivity contribution in [3.05, 3.63) is 57.6 Å². The number of aromatic nitrogens is 3. The Hall–Kier alpha value is -3.53. The normalized spacial score (nSPS) is 10.6. The van der Waals surface area contributed by atoms with Crippen LogP contribution in [0.3, 0.4) is 0 Å². The van der Waals surface area contributed by atoms with Gasteiger partial charge in [-0.05, 0) is 24.6 Å². The number of pyridine rings is 1. The van der Waals surface area contributed by atoms with Crippen molar-refractivity contribution in [1.29, 1.82) is 0 Å². The van der Waals surface area contributed by atoms with Crippen LogP contribution < -0.4 is 21.1 Å². The number of carbonyl (C=O) groups excluding carboxylic acids is 2. The van der Waals surface area contributed by atoms with E-state index in [0.29, 0.717) is 25.2 Å². The average Bonchev–Trinajstić information content (AvgIpc) is 3.07. The molecular weight excluding hydrogens is 414 g/mol. The molecule has 0 spiro atoms. The van der Waals surface area contributed by atoms with Gasteiger partial charge in [0, 0.05) is 25.4 Å². The monoisotopic (exact) mass is 433 g/mol. The average molecular weight is 434 g/mol. The van der Waals surface area contributed by atoms with Crippen LogP contribution >= 0.6 is 11.6 Å². The van der Waals surface area contributed by atoms with Crippen LogP contribution in [-0.2, 0) is 11.3 Å². The highest BCUT2D eigenvalue weighted by molar-refractivity contribution is 6.34. The van der Waals surface area contributed by atoms with E-state index in [0.717, 1.165) is 0 Å². The fraction of sp³-hybridized carbons (Fsp3) is 0.263. The lowest BCUT2D eigenvalue weighted by Crippen LogP contribution is -2.31. The number of hydrogen-bond donors (Lipinski definition) is 2. The Morgan fingerprint density at radius 2 is 2.03 bits per heavy atom. The zero-order valence-corrected chi connectivity index (χ0v) is 17.1. The largest absolute Gasteiger partial charge is 0.496 e. The number of urea groups is 1. The molecule has 0 saturated heterocycles. The van der Waals surface area contributed by atoms with Crippen LogP contribution in [-0.4, -0.2) is 46.9 Å². The molecule has 0 saturated carbocycles. The molecule has 0 fully saturated rings. The van der Waals surface area contributed by atoms with Gasteiger partial charge in [-0.3, -0.25) is 4.40 Å². The summed E-state index contributed by atoms with van der Waals surface area (Å²) in [5.41, 5.74) is 0.746. The lowest BCUT2D eigenvalue weighted by atomic mass is 10.2. The number of benzene rings is 1. The number of hydrogen-bond acceptors (Lipinski definition) is 6. The third kappa shape index (κ3) is 4.54. The molecule has 0 radical (unpaired) electrons. The van der Waals surface area contributed by atoms with Crippen molar-refractivity contribution in [3.8, 4) is 5.75 Å². The van der Waals surface area contributed by atoms with E-state index in [2.05, 4.69) is 20.5 Å². The summed E-state index contributed by atoms with van der Waals surface area (Å²) in [6.45, 7) is 0.657. The van der Waals surface area contributed by atoms with Crippen molar-refractivity contribution in [2.75, 3.05) is 26.1 Å². The number of esters is 1. The van der Waals surface area contributed by atoms with Crippen molar-refractivity contribution in [2.45, 2.75) is 13.0 Å². The van der Waals surface area contributed by atoms with E-state index in [1.807, 2.05) is 0 Å². The molecule has 3 rings (SSSR count).